The monoisotopic (exact) mass is 629 g/mol. The van der Waals surface area contributed by atoms with Gasteiger partial charge in [0.25, 0.3) is 5.91 Å². The smallest absolute Gasteiger partial charge is 0.488 e. The standard InChI is InChI=1S/C35H38BF2N3O3S/c1-25(42)9-5-3-2-4-6-19-39-35(43)24-44-33-18-13-26(21-27-22-31(27)33)10-7-11-28-14-15-29(40-28)23-30-16-17-32(41(30)36(37)38)34-12-8-20-45-34/h8,10-18,20,23,27,31H,2-6,9,19,21-22,24H2,1H3,(H,39,43)/b29-23-. The fraction of sp³-hybridized carbons (Fsp3) is 0.371. The maximum Gasteiger partial charge on any atom is 0.678 e. The normalized spacial score (nSPS) is 19.1. The highest BCUT2D eigenvalue weighted by Crippen LogP contribution is 2.49. The van der Waals surface area contributed by atoms with E-state index in [0.29, 0.717) is 47.6 Å². The van der Waals surface area contributed by atoms with Gasteiger partial charge < -0.3 is 19.3 Å². The zero-order valence-corrected chi connectivity index (χ0v) is 26.3. The number of fused-ring (bicyclic) bond motifs is 1. The fourth-order valence-electron chi connectivity index (χ4n) is 5.59. The maximum atomic E-state index is 13.9. The van der Waals surface area contributed by atoms with Crippen molar-refractivity contribution >= 4 is 42.2 Å². The number of rotatable bonds is 16. The first-order valence-corrected chi connectivity index (χ1v) is 16.5. The number of ether oxygens (including phenoxy) is 1. The number of nitrogens with one attached hydrogen (secondary N) is 1. The van der Waals surface area contributed by atoms with Crippen LogP contribution in [0.5, 0.6) is 0 Å². The lowest BCUT2D eigenvalue weighted by molar-refractivity contribution is -0.124. The number of hydrogen-bond acceptors (Lipinski definition) is 5. The Balaban J connectivity index is 1.10. The molecule has 234 valence electrons. The first kappa shape index (κ1) is 32.4. The van der Waals surface area contributed by atoms with Crippen molar-refractivity contribution in [1.29, 1.82) is 0 Å². The van der Waals surface area contributed by atoms with Gasteiger partial charge in [-0.2, -0.15) is 0 Å². The van der Waals surface area contributed by atoms with Crippen molar-refractivity contribution < 1.29 is 23.0 Å². The molecule has 0 aromatic carbocycles. The largest absolute Gasteiger partial charge is 0.678 e. The van der Waals surface area contributed by atoms with Gasteiger partial charge in [-0.3, -0.25) is 13.4 Å². The Bertz CT molecular complexity index is 1590. The number of Topliss-reactive ketones (excluding diaryl/α,β-unsaturated/α-hetero) is 1. The van der Waals surface area contributed by atoms with E-state index in [-0.39, 0.29) is 18.3 Å². The Hall–Kier alpha value is -4.01. The summed E-state index contributed by atoms with van der Waals surface area (Å²) >= 11 is 1.43. The predicted octanol–water partition coefficient (Wildman–Crippen LogP) is 7.96. The van der Waals surface area contributed by atoms with E-state index in [2.05, 4.69) is 16.0 Å². The highest BCUT2D eigenvalue weighted by molar-refractivity contribution is 7.13. The van der Waals surface area contributed by atoms with E-state index in [1.165, 1.54) is 11.3 Å². The van der Waals surface area contributed by atoms with Gasteiger partial charge >= 0.3 is 7.40 Å². The molecule has 5 rings (SSSR count). The molecule has 0 spiro atoms. The first-order valence-electron chi connectivity index (χ1n) is 15.6. The van der Waals surface area contributed by atoms with Crippen molar-refractivity contribution in [3.63, 3.8) is 0 Å². The fourth-order valence-corrected chi connectivity index (χ4v) is 6.34. The van der Waals surface area contributed by atoms with Crippen LogP contribution in [0.15, 0.2) is 93.9 Å². The lowest BCUT2D eigenvalue weighted by Gasteiger charge is -2.10. The van der Waals surface area contributed by atoms with Crippen molar-refractivity contribution in [2.75, 3.05) is 13.2 Å². The zero-order valence-electron chi connectivity index (χ0n) is 25.5. The first-order chi connectivity index (χ1) is 21.9. The summed E-state index contributed by atoms with van der Waals surface area (Å²) in [6.07, 6.45) is 20.7. The molecule has 0 bridgehead atoms. The number of unbranched alkanes of at least 4 members (excludes halogenated alkanes) is 4. The van der Waals surface area contributed by atoms with E-state index in [0.717, 1.165) is 65.6 Å². The Morgan fingerprint density at radius 1 is 1.13 bits per heavy atom. The Morgan fingerprint density at radius 2 is 1.98 bits per heavy atom. The molecule has 1 aliphatic heterocycles. The van der Waals surface area contributed by atoms with Crippen LogP contribution in [0.1, 0.15) is 64.0 Å². The van der Waals surface area contributed by atoms with E-state index < -0.39 is 7.40 Å². The maximum absolute atomic E-state index is 13.9. The van der Waals surface area contributed by atoms with E-state index in [4.69, 9.17) is 4.74 Å². The van der Waals surface area contributed by atoms with Crippen LogP contribution in [0.2, 0.25) is 0 Å². The molecule has 1 fully saturated rings. The Kier molecular flexibility index (Phi) is 11.4. The molecule has 2 aromatic rings. The molecule has 10 heteroatoms. The van der Waals surface area contributed by atoms with Crippen LogP contribution in [-0.2, 0) is 14.3 Å². The third-order valence-electron chi connectivity index (χ3n) is 8.04. The minimum atomic E-state index is -2.66. The van der Waals surface area contributed by atoms with E-state index in [9.17, 15) is 18.2 Å². The second kappa shape index (κ2) is 15.8. The summed E-state index contributed by atoms with van der Waals surface area (Å²) < 4.78 is 34.7. The number of halogens is 2. The molecule has 0 radical (unpaired) electrons. The predicted molar refractivity (Wildman–Crippen MR) is 178 cm³/mol. The molecule has 45 heavy (non-hydrogen) atoms. The van der Waals surface area contributed by atoms with Gasteiger partial charge in [0.2, 0.25) is 0 Å². The zero-order chi connectivity index (χ0) is 31.6. The molecule has 1 saturated carbocycles. The number of hydrogen-bond donors (Lipinski definition) is 1. The minimum absolute atomic E-state index is 0.0198. The second-order valence-corrected chi connectivity index (χ2v) is 12.6. The van der Waals surface area contributed by atoms with E-state index in [1.54, 1.807) is 31.2 Å². The molecule has 2 atom stereocenters. The number of nitrogens with zero attached hydrogens (tertiary/aromatic N) is 2. The number of amides is 1. The number of allylic oxidation sites excluding steroid dienone is 7. The van der Waals surface area contributed by atoms with Crippen LogP contribution in [-0.4, -0.2) is 42.4 Å². The Labute approximate surface area is 267 Å². The molecule has 1 N–H and O–H groups in total. The summed E-state index contributed by atoms with van der Waals surface area (Å²) in [6, 6.07) is 7.09. The molecular weight excluding hydrogens is 591 g/mol. The summed E-state index contributed by atoms with van der Waals surface area (Å²) in [5.74, 6) is 1.85. The number of ketones is 1. The summed E-state index contributed by atoms with van der Waals surface area (Å²) in [6.45, 7) is 2.28. The van der Waals surface area contributed by atoms with Crippen molar-refractivity contribution in [3.05, 3.63) is 94.6 Å². The molecule has 1 amide bonds. The third kappa shape index (κ3) is 9.49. The van der Waals surface area contributed by atoms with Crippen LogP contribution in [0.4, 0.5) is 8.63 Å². The number of aliphatic imine (C=N–C) groups is 1. The number of thiophene rings is 1. The van der Waals surface area contributed by atoms with Gasteiger partial charge in [0.1, 0.15) is 11.5 Å². The SMILES string of the molecule is CC(=O)CCCCCCCNC(=O)COC1=CC=C(C=C=CC2=N/C(=C\c3ccc(-c4cccs4)n3B(F)F)C=C2)CC2CC12. The highest BCUT2D eigenvalue weighted by Gasteiger charge is 2.42. The summed E-state index contributed by atoms with van der Waals surface area (Å²) in [5, 5.41) is 4.81. The topological polar surface area (TPSA) is 72.7 Å². The van der Waals surface area contributed by atoms with E-state index >= 15 is 0 Å². The number of carbonyl (C=O) groups is 2. The van der Waals surface area contributed by atoms with Crippen LogP contribution in [0, 0.1) is 11.8 Å². The van der Waals surface area contributed by atoms with Crippen LogP contribution in [0.3, 0.4) is 0 Å². The second-order valence-electron chi connectivity index (χ2n) is 11.6. The van der Waals surface area contributed by atoms with Gasteiger partial charge in [0, 0.05) is 35.5 Å². The summed E-state index contributed by atoms with van der Waals surface area (Å²) in [4.78, 5) is 28.6. The molecule has 6 nitrogen and oxygen atoms in total. The third-order valence-corrected chi connectivity index (χ3v) is 8.93. The van der Waals surface area contributed by atoms with Crippen molar-refractivity contribution in [2.24, 2.45) is 16.8 Å². The van der Waals surface area contributed by atoms with Crippen molar-refractivity contribution in [2.45, 2.75) is 58.3 Å². The van der Waals surface area contributed by atoms with Crippen LogP contribution >= 0.6 is 11.3 Å². The van der Waals surface area contributed by atoms with Crippen molar-refractivity contribution in [3.8, 4) is 10.6 Å². The van der Waals surface area contributed by atoms with E-state index in [1.807, 2.05) is 47.9 Å². The number of carbonyl (C=O) groups excluding carboxylic acids is 2. The lowest BCUT2D eigenvalue weighted by Crippen LogP contribution is -2.28. The van der Waals surface area contributed by atoms with Gasteiger partial charge in [0.05, 0.1) is 17.1 Å². The highest BCUT2D eigenvalue weighted by atomic mass is 32.1. The molecule has 0 saturated heterocycles. The average Bonchev–Trinajstić information content (AvgIpc) is 3.35. The average molecular weight is 630 g/mol. The Morgan fingerprint density at radius 3 is 2.78 bits per heavy atom. The minimum Gasteiger partial charge on any atom is -0.488 e. The van der Waals surface area contributed by atoms with Crippen molar-refractivity contribution in [1.82, 2.24) is 9.79 Å². The quantitative estimate of drug-likeness (QED) is 0.116. The van der Waals surface area contributed by atoms with Gasteiger partial charge in [0.15, 0.2) is 6.61 Å². The van der Waals surface area contributed by atoms with Gasteiger partial charge in [-0.25, -0.2) is 4.99 Å². The molecule has 2 unspecified atom stereocenters. The lowest BCUT2D eigenvalue weighted by atomic mass is 10.1. The van der Waals surface area contributed by atoms with Gasteiger partial charge in [-0.15, -0.1) is 17.1 Å². The summed E-state index contributed by atoms with van der Waals surface area (Å²) in [7, 11) is -2.66. The van der Waals surface area contributed by atoms with Crippen LogP contribution in [0.25, 0.3) is 16.6 Å². The van der Waals surface area contributed by atoms with Crippen LogP contribution < -0.4 is 5.32 Å². The molecule has 2 aromatic heterocycles. The molecule has 3 aliphatic rings. The number of aromatic nitrogens is 1. The van der Waals surface area contributed by atoms with Gasteiger partial charge in [-0.1, -0.05) is 31.4 Å². The molecular formula is C35H38BF2N3O3S. The molecule has 3 heterocycles. The molecule has 2 aliphatic carbocycles. The summed E-state index contributed by atoms with van der Waals surface area (Å²) in [5.41, 5.74) is 6.53. The van der Waals surface area contributed by atoms with Gasteiger partial charge in [-0.05, 0) is 98.1 Å².